The minimum Gasteiger partial charge on any atom is -0.461 e. The second-order valence-corrected chi connectivity index (χ2v) is 3.41. The number of ether oxygens (including phenoxy) is 1. The Bertz CT molecular complexity index is 371. The van der Waals surface area contributed by atoms with Crippen molar-refractivity contribution in [2.24, 2.45) is 0 Å². The lowest BCUT2D eigenvalue weighted by atomic mass is 10.1. The Balaban J connectivity index is 2.63. The molecule has 88 valence electrons. The zero-order chi connectivity index (χ0) is 12.0. The van der Waals surface area contributed by atoms with Gasteiger partial charge in [-0.1, -0.05) is 13.3 Å². The smallest absolute Gasteiger partial charge is 0.356 e. The number of carbonyl (C=O) groups excluding carboxylic acids is 2. The van der Waals surface area contributed by atoms with Crippen LogP contribution >= 0.6 is 0 Å². The van der Waals surface area contributed by atoms with Crippen LogP contribution in [-0.4, -0.2) is 28.6 Å². The van der Waals surface area contributed by atoms with Crippen molar-refractivity contribution in [3.63, 3.8) is 0 Å². The van der Waals surface area contributed by atoms with Crippen LogP contribution in [0.25, 0.3) is 0 Å². The molecule has 0 aliphatic rings. The first kappa shape index (κ1) is 12.4. The molecular formula is C11H16N2O3. The van der Waals surface area contributed by atoms with Gasteiger partial charge in [0.05, 0.1) is 6.61 Å². The molecule has 1 heterocycles. The number of hydrogen-bond donors (Lipinski definition) is 1. The molecule has 1 N–H and O–H groups in total. The number of aromatic nitrogens is 2. The van der Waals surface area contributed by atoms with Crippen molar-refractivity contribution in [1.29, 1.82) is 0 Å². The van der Waals surface area contributed by atoms with E-state index in [0.717, 1.165) is 12.8 Å². The number of nitrogens with zero attached hydrogens (tertiary/aromatic N) is 1. The van der Waals surface area contributed by atoms with E-state index in [0.29, 0.717) is 18.7 Å². The number of H-pyrrole nitrogens is 1. The van der Waals surface area contributed by atoms with E-state index in [1.165, 1.54) is 6.07 Å². The third-order valence-electron chi connectivity index (χ3n) is 2.12. The number of hydrogen-bond acceptors (Lipinski definition) is 4. The molecule has 0 saturated heterocycles. The average Bonchev–Trinajstić information content (AvgIpc) is 2.75. The van der Waals surface area contributed by atoms with Crippen LogP contribution in [-0.2, 0) is 4.74 Å². The summed E-state index contributed by atoms with van der Waals surface area (Å²) in [6.07, 6.45) is 2.25. The van der Waals surface area contributed by atoms with E-state index >= 15 is 0 Å². The molecule has 0 spiro atoms. The first-order valence-electron chi connectivity index (χ1n) is 5.44. The van der Waals surface area contributed by atoms with Crippen molar-refractivity contribution in [1.82, 2.24) is 10.2 Å². The Labute approximate surface area is 94.2 Å². The van der Waals surface area contributed by atoms with Gasteiger partial charge in [-0.15, -0.1) is 0 Å². The van der Waals surface area contributed by atoms with Crippen LogP contribution in [0.5, 0.6) is 0 Å². The molecule has 0 radical (unpaired) electrons. The Hall–Kier alpha value is -1.65. The summed E-state index contributed by atoms with van der Waals surface area (Å²) in [4.78, 5) is 22.9. The van der Waals surface area contributed by atoms with Crippen molar-refractivity contribution < 1.29 is 14.3 Å². The van der Waals surface area contributed by atoms with E-state index < -0.39 is 5.97 Å². The summed E-state index contributed by atoms with van der Waals surface area (Å²) in [6.45, 7) is 4.04. The third kappa shape index (κ3) is 3.18. The van der Waals surface area contributed by atoms with E-state index in [2.05, 4.69) is 10.2 Å². The Morgan fingerprint density at radius 3 is 2.81 bits per heavy atom. The maximum Gasteiger partial charge on any atom is 0.356 e. The van der Waals surface area contributed by atoms with E-state index in [-0.39, 0.29) is 11.5 Å². The summed E-state index contributed by atoms with van der Waals surface area (Å²) in [5.41, 5.74) is 0.526. The quantitative estimate of drug-likeness (QED) is 0.592. The van der Waals surface area contributed by atoms with Crippen molar-refractivity contribution in [3.05, 3.63) is 17.5 Å². The monoisotopic (exact) mass is 224 g/mol. The minimum atomic E-state index is -0.482. The number of rotatable bonds is 6. The summed E-state index contributed by atoms with van der Waals surface area (Å²) in [5.74, 6) is -0.529. The van der Waals surface area contributed by atoms with Gasteiger partial charge in [-0.3, -0.25) is 9.89 Å². The SMILES string of the molecule is CCCCC(=O)c1cc(C(=O)OCC)[nH]n1. The molecule has 0 bridgehead atoms. The fourth-order valence-electron chi connectivity index (χ4n) is 1.24. The van der Waals surface area contributed by atoms with Crippen molar-refractivity contribution in [2.75, 3.05) is 6.61 Å². The molecule has 5 nitrogen and oxygen atoms in total. The van der Waals surface area contributed by atoms with Gasteiger partial charge < -0.3 is 4.74 Å². The number of nitrogens with one attached hydrogen (secondary N) is 1. The maximum atomic E-state index is 11.6. The normalized spacial score (nSPS) is 10.1. The Morgan fingerprint density at radius 1 is 1.44 bits per heavy atom. The van der Waals surface area contributed by atoms with Crippen LogP contribution in [0.1, 0.15) is 54.1 Å². The molecule has 0 aromatic carbocycles. The largest absolute Gasteiger partial charge is 0.461 e. The topological polar surface area (TPSA) is 72.1 Å². The second-order valence-electron chi connectivity index (χ2n) is 3.41. The number of unbranched alkanes of at least 4 members (excludes halogenated alkanes) is 1. The zero-order valence-corrected chi connectivity index (χ0v) is 9.58. The molecule has 0 aliphatic carbocycles. The fourth-order valence-corrected chi connectivity index (χ4v) is 1.24. The molecule has 1 aromatic rings. The molecule has 5 heteroatoms. The van der Waals surface area contributed by atoms with E-state index in [4.69, 9.17) is 4.74 Å². The van der Waals surface area contributed by atoms with Gasteiger partial charge in [0.1, 0.15) is 11.4 Å². The summed E-state index contributed by atoms with van der Waals surface area (Å²) in [5, 5.41) is 6.30. The summed E-state index contributed by atoms with van der Waals surface area (Å²) in [7, 11) is 0. The lowest BCUT2D eigenvalue weighted by Crippen LogP contribution is -2.04. The van der Waals surface area contributed by atoms with Gasteiger partial charge in [0.25, 0.3) is 0 Å². The Kier molecular flexibility index (Phi) is 4.69. The maximum absolute atomic E-state index is 11.6. The molecular weight excluding hydrogens is 208 g/mol. The third-order valence-corrected chi connectivity index (χ3v) is 2.12. The molecule has 1 aromatic heterocycles. The van der Waals surface area contributed by atoms with Gasteiger partial charge in [-0.05, 0) is 13.3 Å². The van der Waals surface area contributed by atoms with E-state index in [9.17, 15) is 9.59 Å². The zero-order valence-electron chi connectivity index (χ0n) is 9.58. The van der Waals surface area contributed by atoms with Gasteiger partial charge in [-0.25, -0.2) is 4.79 Å². The average molecular weight is 224 g/mol. The molecule has 16 heavy (non-hydrogen) atoms. The highest BCUT2D eigenvalue weighted by Crippen LogP contribution is 2.07. The van der Waals surface area contributed by atoms with Gasteiger partial charge in [0.15, 0.2) is 5.78 Å². The summed E-state index contributed by atoms with van der Waals surface area (Å²) in [6, 6.07) is 1.44. The van der Waals surface area contributed by atoms with Crippen molar-refractivity contribution in [2.45, 2.75) is 33.1 Å². The molecule has 0 saturated carbocycles. The van der Waals surface area contributed by atoms with Crippen LogP contribution in [0.4, 0.5) is 0 Å². The number of aromatic amines is 1. The van der Waals surface area contributed by atoms with Crippen molar-refractivity contribution >= 4 is 11.8 Å². The lowest BCUT2D eigenvalue weighted by molar-refractivity contribution is 0.0519. The van der Waals surface area contributed by atoms with E-state index in [1.54, 1.807) is 6.92 Å². The molecule has 0 atom stereocenters. The number of ketones is 1. The highest BCUT2D eigenvalue weighted by atomic mass is 16.5. The standard InChI is InChI=1S/C11H16N2O3/c1-3-5-6-10(14)8-7-9(13-12-8)11(15)16-4-2/h7H,3-6H2,1-2H3,(H,12,13). The number of Topliss-reactive ketones (excluding diaryl/α,β-unsaturated/α-hetero) is 1. The van der Waals surface area contributed by atoms with Gasteiger partial charge in [0.2, 0.25) is 0 Å². The molecule has 0 fully saturated rings. The number of carbonyl (C=O) groups is 2. The molecule has 0 unspecified atom stereocenters. The fraction of sp³-hybridized carbons (Fsp3) is 0.545. The van der Waals surface area contributed by atoms with Gasteiger partial charge in [-0.2, -0.15) is 5.10 Å². The lowest BCUT2D eigenvalue weighted by Gasteiger charge is -1.96. The van der Waals surface area contributed by atoms with E-state index in [1.807, 2.05) is 6.92 Å². The second kappa shape index (κ2) is 6.05. The molecule has 0 aliphatic heterocycles. The molecule has 0 amide bonds. The van der Waals surface area contributed by atoms with Crippen LogP contribution in [0, 0.1) is 0 Å². The Morgan fingerprint density at radius 2 is 2.19 bits per heavy atom. The minimum absolute atomic E-state index is 0.0475. The predicted molar refractivity (Wildman–Crippen MR) is 58.4 cm³/mol. The summed E-state index contributed by atoms with van der Waals surface area (Å²) < 4.78 is 4.78. The molecule has 1 rings (SSSR count). The van der Waals surface area contributed by atoms with Crippen LogP contribution in [0.15, 0.2) is 6.07 Å². The first-order chi connectivity index (χ1) is 7.69. The predicted octanol–water partition coefficient (Wildman–Crippen LogP) is 1.96. The van der Waals surface area contributed by atoms with Crippen LogP contribution in [0.2, 0.25) is 0 Å². The van der Waals surface area contributed by atoms with Gasteiger partial charge >= 0.3 is 5.97 Å². The van der Waals surface area contributed by atoms with Crippen LogP contribution < -0.4 is 0 Å². The summed E-state index contributed by atoms with van der Waals surface area (Å²) >= 11 is 0. The van der Waals surface area contributed by atoms with Gasteiger partial charge in [0, 0.05) is 12.5 Å². The highest BCUT2D eigenvalue weighted by Gasteiger charge is 2.14. The first-order valence-corrected chi connectivity index (χ1v) is 5.44. The highest BCUT2D eigenvalue weighted by molar-refractivity contribution is 5.97. The van der Waals surface area contributed by atoms with Crippen molar-refractivity contribution in [3.8, 4) is 0 Å². The number of esters is 1. The van der Waals surface area contributed by atoms with Crippen LogP contribution in [0.3, 0.4) is 0 Å².